The Morgan fingerprint density at radius 3 is 1.96 bits per heavy atom. The van der Waals surface area contributed by atoms with Crippen LogP contribution in [0.5, 0.6) is 0 Å². The van der Waals surface area contributed by atoms with Gasteiger partial charge in [0.05, 0.1) is 6.10 Å². The monoisotopic (exact) mass is 302 g/mol. The van der Waals surface area contributed by atoms with E-state index in [1.807, 2.05) is 0 Å². The lowest BCUT2D eigenvalue weighted by molar-refractivity contribution is 0.120. The SMILES string of the molecule is OC1[C@H]2C3CCC(=C(c4ccccc4)c4ccccc4)[C@@H]1CC32. The second-order valence-corrected chi connectivity index (χ2v) is 7.41. The Morgan fingerprint density at radius 1 is 0.826 bits per heavy atom. The van der Waals surface area contributed by atoms with E-state index < -0.39 is 0 Å². The van der Waals surface area contributed by atoms with Crippen LogP contribution in [0.15, 0.2) is 66.2 Å². The molecule has 1 N–H and O–H groups in total. The normalized spacial score (nSPS) is 34.1. The summed E-state index contributed by atoms with van der Waals surface area (Å²) in [5.41, 5.74) is 5.46. The summed E-state index contributed by atoms with van der Waals surface area (Å²) in [5.74, 6) is 2.58. The van der Waals surface area contributed by atoms with Crippen molar-refractivity contribution in [1.29, 1.82) is 0 Å². The van der Waals surface area contributed by atoms with Crippen molar-refractivity contribution >= 4 is 5.57 Å². The van der Waals surface area contributed by atoms with Gasteiger partial charge in [0.1, 0.15) is 0 Å². The lowest BCUT2D eigenvalue weighted by atomic mass is 9.83. The van der Waals surface area contributed by atoms with E-state index in [9.17, 15) is 5.11 Å². The van der Waals surface area contributed by atoms with Gasteiger partial charge in [0.25, 0.3) is 0 Å². The van der Waals surface area contributed by atoms with Crippen LogP contribution in [-0.2, 0) is 0 Å². The molecule has 23 heavy (non-hydrogen) atoms. The predicted molar refractivity (Wildman–Crippen MR) is 92.7 cm³/mol. The van der Waals surface area contributed by atoms with Crippen LogP contribution in [-0.4, -0.2) is 11.2 Å². The highest BCUT2D eigenvalue weighted by Crippen LogP contribution is 2.66. The minimum atomic E-state index is -0.107. The Morgan fingerprint density at radius 2 is 1.43 bits per heavy atom. The number of benzene rings is 2. The van der Waals surface area contributed by atoms with Gasteiger partial charge in [-0.3, -0.25) is 0 Å². The zero-order valence-electron chi connectivity index (χ0n) is 13.2. The van der Waals surface area contributed by atoms with Crippen LogP contribution in [0.1, 0.15) is 30.4 Å². The van der Waals surface area contributed by atoms with Crippen molar-refractivity contribution in [2.75, 3.05) is 0 Å². The number of rotatable bonds is 2. The maximum atomic E-state index is 10.8. The molecule has 1 nitrogen and oxygen atoms in total. The van der Waals surface area contributed by atoms with Crippen LogP contribution in [0.3, 0.4) is 0 Å². The molecular weight excluding hydrogens is 280 g/mol. The minimum absolute atomic E-state index is 0.107. The van der Waals surface area contributed by atoms with Crippen LogP contribution < -0.4 is 0 Å². The molecule has 0 aliphatic heterocycles. The molecule has 4 aliphatic carbocycles. The van der Waals surface area contributed by atoms with Crippen molar-refractivity contribution in [3.63, 3.8) is 0 Å². The highest BCUT2D eigenvalue weighted by Gasteiger charge is 2.63. The predicted octanol–water partition coefficient (Wildman–Crippen LogP) is 4.53. The third kappa shape index (κ3) is 2.03. The molecule has 6 rings (SSSR count). The van der Waals surface area contributed by atoms with E-state index in [-0.39, 0.29) is 6.10 Å². The van der Waals surface area contributed by atoms with E-state index in [4.69, 9.17) is 0 Å². The van der Waals surface area contributed by atoms with Crippen LogP contribution in [0, 0.1) is 23.7 Å². The first-order chi connectivity index (χ1) is 11.3. The standard InChI is InChI=1S/C22H22O/c23-22-19-13-18-16(21(18)22)11-12-17(19)20(14-7-3-1-4-8-14)15-9-5-2-6-10-15/h1-10,16,18-19,21-23H,11-13H2/t16?,18?,19-,21-,22?/m0/s1. The summed E-state index contributed by atoms with van der Waals surface area (Å²) in [6, 6.07) is 21.5. The summed E-state index contributed by atoms with van der Waals surface area (Å²) in [6.45, 7) is 0. The average Bonchev–Trinajstić information content (AvgIpc) is 3.25. The van der Waals surface area contributed by atoms with Crippen molar-refractivity contribution in [1.82, 2.24) is 0 Å². The third-order valence-electron chi connectivity index (χ3n) is 6.37. The molecule has 2 aromatic rings. The van der Waals surface area contributed by atoms with E-state index in [0.29, 0.717) is 11.8 Å². The topological polar surface area (TPSA) is 20.2 Å². The van der Waals surface area contributed by atoms with Gasteiger partial charge in [-0.15, -0.1) is 0 Å². The maximum absolute atomic E-state index is 10.8. The molecule has 116 valence electrons. The number of aliphatic hydroxyl groups is 1. The molecule has 0 aromatic heterocycles. The molecule has 4 bridgehead atoms. The van der Waals surface area contributed by atoms with Gasteiger partial charge in [-0.2, -0.15) is 0 Å². The van der Waals surface area contributed by atoms with Crippen LogP contribution in [0.4, 0.5) is 0 Å². The molecule has 3 unspecified atom stereocenters. The Hall–Kier alpha value is -1.86. The van der Waals surface area contributed by atoms with E-state index >= 15 is 0 Å². The second kappa shape index (κ2) is 5.07. The Labute approximate surface area is 137 Å². The van der Waals surface area contributed by atoms with Gasteiger partial charge in [-0.1, -0.05) is 66.2 Å². The Kier molecular flexibility index (Phi) is 2.99. The molecule has 4 fully saturated rings. The molecule has 4 saturated carbocycles. The molecule has 5 atom stereocenters. The minimum Gasteiger partial charge on any atom is -0.392 e. The average molecular weight is 302 g/mol. The molecule has 0 saturated heterocycles. The summed E-state index contributed by atoms with van der Waals surface area (Å²) < 4.78 is 0. The van der Waals surface area contributed by atoms with Gasteiger partial charge in [0.15, 0.2) is 0 Å². The first kappa shape index (κ1) is 13.6. The van der Waals surface area contributed by atoms with Gasteiger partial charge in [0, 0.05) is 5.92 Å². The quantitative estimate of drug-likeness (QED) is 0.864. The summed E-state index contributed by atoms with van der Waals surface area (Å²) in [4.78, 5) is 0. The number of hydrogen-bond acceptors (Lipinski definition) is 1. The summed E-state index contributed by atoms with van der Waals surface area (Å²) >= 11 is 0. The first-order valence-electron chi connectivity index (χ1n) is 8.86. The summed E-state index contributed by atoms with van der Waals surface area (Å²) in [6.07, 6.45) is 3.51. The van der Waals surface area contributed by atoms with Crippen molar-refractivity contribution in [3.8, 4) is 0 Å². The fourth-order valence-electron chi connectivity index (χ4n) is 5.33. The first-order valence-corrected chi connectivity index (χ1v) is 8.86. The maximum Gasteiger partial charge on any atom is 0.0639 e. The smallest absolute Gasteiger partial charge is 0.0639 e. The van der Waals surface area contributed by atoms with Crippen LogP contribution in [0.25, 0.3) is 5.57 Å². The van der Waals surface area contributed by atoms with Gasteiger partial charge < -0.3 is 5.11 Å². The highest BCUT2D eigenvalue weighted by atomic mass is 16.3. The molecule has 0 heterocycles. The van der Waals surface area contributed by atoms with Crippen molar-refractivity contribution in [3.05, 3.63) is 77.4 Å². The van der Waals surface area contributed by atoms with Crippen LogP contribution >= 0.6 is 0 Å². The van der Waals surface area contributed by atoms with Crippen molar-refractivity contribution in [2.45, 2.75) is 25.4 Å². The summed E-state index contributed by atoms with van der Waals surface area (Å²) in [7, 11) is 0. The fourth-order valence-corrected chi connectivity index (χ4v) is 5.33. The van der Waals surface area contributed by atoms with Crippen molar-refractivity contribution in [2.24, 2.45) is 23.7 Å². The Balaban J connectivity index is 1.70. The van der Waals surface area contributed by atoms with Gasteiger partial charge in [-0.25, -0.2) is 0 Å². The zero-order valence-corrected chi connectivity index (χ0v) is 13.2. The van der Waals surface area contributed by atoms with Gasteiger partial charge in [0.2, 0.25) is 0 Å². The molecule has 1 heteroatoms. The molecule has 0 radical (unpaired) electrons. The Bertz CT molecular complexity index is 701. The molecular formula is C22H22O. The number of aliphatic hydroxyl groups excluding tert-OH is 1. The van der Waals surface area contributed by atoms with E-state index in [1.54, 1.807) is 0 Å². The third-order valence-corrected chi connectivity index (χ3v) is 6.37. The largest absolute Gasteiger partial charge is 0.392 e. The summed E-state index contributed by atoms with van der Waals surface area (Å²) in [5, 5.41) is 10.8. The molecule has 2 aromatic carbocycles. The van der Waals surface area contributed by atoms with Crippen molar-refractivity contribution < 1.29 is 5.11 Å². The van der Waals surface area contributed by atoms with E-state index in [0.717, 1.165) is 18.3 Å². The lowest BCUT2D eigenvalue weighted by Gasteiger charge is -2.23. The highest BCUT2D eigenvalue weighted by molar-refractivity contribution is 5.82. The second-order valence-electron chi connectivity index (χ2n) is 7.41. The van der Waals surface area contributed by atoms with Crippen LogP contribution in [0.2, 0.25) is 0 Å². The van der Waals surface area contributed by atoms with E-state index in [1.165, 1.54) is 35.1 Å². The molecule has 0 amide bonds. The molecule has 4 aliphatic rings. The number of hydrogen-bond donors (Lipinski definition) is 1. The van der Waals surface area contributed by atoms with Gasteiger partial charge in [-0.05, 0) is 53.7 Å². The fraction of sp³-hybridized carbons (Fsp3) is 0.364. The lowest BCUT2D eigenvalue weighted by Crippen LogP contribution is -2.20. The number of fused-ring (bicyclic) bond motifs is 2. The molecule has 0 spiro atoms. The van der Waals surface area contributed by atoms with E-state index in [2.05, 4.69) is 60.7 Å². The van der Waals surface area contributed by atoms with Gasteiger partial charge >= 0.3 is 0 Å². The zero-order chi connectivity index (χ0) is 15.4.